The Bertz CT molecular complexity index is 587. The van der Waals surface area contributed by atoms with Gasteiger partial charge < -0.3 is 19.9 Å². The van der Waals surface area contributed by atoms with Crippen molar-refractivity contribution < 1.29 is 24.2 Å². The fourth-order valence-electron chi connectivity index (χ4n) is 1.80. The first-order chi connectivity index (χ1) is 10.9. The molecule has 1 unspecified atom stereocenters. The molecule has 7 heteroatoms. The number of ether oxygens (including phenoxy) is 2. The average Bonchev–Trinajstić information content (AvgIpc) is 2.33. The molecule has 0 aromatic carbocycles. The number of alkyl carbamates (subject to hydrolysis) is 1. The van der Waals surface area contributed by atoms with Crippen LogP contribution in [0.15, 0.2) is 18.2 Å². The molecule has 0 radical (unpaired) electrons. The molecule has 1 aromatic rings. The first-order valence-electron chi connectivity index (χ1n) is 7.73. The van der Waals surface area contributed by atoms with E-state index in [9.17, 15) is 14.7 Å². The minimum absolute atomic E-state index is 0.0237. The number of carbonyl (C=O) groups is 2. The fraction of sp³-hybridized carbons (Fsp3) is 0.588. The predicted molar refractivity (Wildman–Crippen MR) is 89.1 cm³/mol. The lowest BCUT2D eigenvalue weighted by Crippen LogP contribution is -2.44. The molecule has 0 saturated carbocycles. The van der Waals surface area contributed by atoms with Crippen LogP contribution in [0.5, 0.6) is 5.88 Å². The fourth-order valence-corrected chi connectivity index (χ4v) is 1.80. The molecule has 1 amide bonds. The van der Waals surface area contributed by atoms with Crippen LogP contribution in [0.2, 0.25) is 0 Å². The molecule has 0 aliphatic heterocycles. The van der Waals surface area contributed by atoms with Crippen LogP contribution in [0, 0.1) is 0 Å². The van der Waals surface area contributed by atoms with Gasteiger partial charge in [-0.3, -0.25) is 0 Å². The summed E-state index contributed by atoms with van der Waals surface area (Å²) in [6, 6.07) is 3.97. The highest BCUT2D eigenvalue weighted by Crippen LogP contribution is 2.16. The van der Waals surface area contributed by atoms with Crippen LogP contribution in [0.3, 0.4) is 0 Å². The first kappa shape index (κ1) is 19.7. The number of carboxylic acid groups (broad SMARTS) is 1. The summed E-state index contributed by atoms with van der Waals surface area (Å²) in [5.74, 6) is -0.758. The molecule has 0 aliphatic rings. The maximum Gasteiger partial charge on any atom is 0.408 e. The zero-order valence-electron chi connectivity index (χ0n) is 15.0. The van der Waals surface area contributed by atoms with E-state index in [1.807, 2.05) is 20.8 Å². The summed E-state index contributed by atoms with van der Waals surface area (Å²) in [6.45, 7) is 10.8. The monoisotopic (exact) mass is 338 g/mol. The van der Waals surface area contributed by atoms with Gasteiger partial charge in [0, 0.05) is 18.2 Å². The standard InChI is InChI=1S/C17H26N2O5/c1-16(2,3)23-13-9-7-8-11(18-13)10-12(14(20)21)19-15(22)24-17(4,5)6/h7-9,12H,10H2,1-6H3,(H,19,22)(H,20,21). The van der Waals surface area contributed by atoms with Crippen molar-refractivity contribution in [3.05, 3.63) is 23.9 Å². The van der Waals surface area contributed by atoms with Gasteiger partial charge in [0.05, 0.1) is 0 Å². The quantitative estimate of drug-likeness (QED) is 0.857. The molecule has 134 valence electrons. The molecule has 7 nitrogen and oxygen atoms in total. The third kappa shape index (κ3) is 7.80. The highest BCUT2D eigenvalue weighted by Gasteiger charge is 2.25. The molecule has 2 N–H and O–H groups in total. The van der Waals surface area contributed by atoms with Crippen LogP contribution in [0.25, 0.3) is 0 Å². The van der Waals surface area contributed by atoms with Gasteiger partial charge in [0.15, 0.2) is 0 Å². The van der Waals surface area contributed by atoms with E-state index in [4.69, 9.17) is 9.47 Å². The van der Waals surface area contributed by atoms with Crippen molar-refractivity contribution in [3.8, 4) is 5.88 Å². The van der Waals surface area contributed by atoms with Crippen LogP contribution in [0.1, 0.15) is 47.2 Å². The number of hydrogen-bond donors (Lipinski definition) is 2. The number of pyridine rings is 1. The predicted octanol–water partition coefficient (Wildman–Crippen LogP) is 2.78. The van der Waals surface area contributed by atoms with E-state index in [0.29, 0.717) is 11.6 Å². The normalized spacial score (nSPS) is 13.1. The van der Waals surface area contributed by atoms with Gasteiger partial charge in [-0.25, -0.2) is 14.6 Å². The number of amides is 1. The highest BCUT2D eigenvalue weighted by molar-refractivity contribution is 5.80. The van der Waals surface area contributed by atoms with Gasteiger partial charge in [-0.2, -0.15) is 0 Å². The lowest BCUT2D eigenvalue weighted by molar-refractivity contribution is -0.139. The largest absolute Gasteiger partial charge is 0.480 e. The maximum atomic E-state index is 11.8. The Balaban J connectivity index is 2.80. The van der Waals surface area contributed by atoms with E-state index in [2.05, 4.69) is 10.3 Å². The molecule has 24 heavy (non-hydrogen) atoms. The molecule has 0 bridgehead atoms. The molecule has 0 saturated heterocycles. The van der Waals surface area contributed by atoms with Crippen molar-refractivity contribution in [2.24, 2.45) is 0 Å². The van der Waals surface area contributed by atoms with Gasteiger partial charge in [0.25, 0.3) is 0 Å². The van der Waals surface area contributed by atoms with Gasteiger partial charge >= 0.3 is 12.1 Å². The summed E-state index contributed by atoms with van der Waals surface area (Å²) in [7, 11) is 0. The SMILES string of the molecule is CC(C)(C)OC(=O)NC(Cc1cccc(OC(C)(C)C)n1)C(=O)O. The number of aliphatic carboxylic acids is 1. The number of rotatable bonds is 5. The first-order valence-corrected chi connectivity index (χ1v) is 7.73. The van der Waals surface area contributed by atoms with Gasteiger partial charge in [0.2, 0.25) is 5.88 Å². The molecule has 0 spiro atoms. The molecule has 1 atom stereocenters. The summed E-state index contributed by atoms with van der Waals surface area (Å²) >= 11 is 0. The van der Waals surface area contributed by atoms with Crippen molar-refractivity contribution in [2.75, 3.05) is 0 Å². The number of nitrogens with one attached hydrogen (secondary N) is 1. The summed E-state index contributed by atoms with van der Waals surface area (Å²) < 4.78 is 10.7. The molecule has 0 fully saturated rings. The van der Waals surface area contributed by atoms with Gasteiger partial charge in [-0.15, -0.1) is 0 Å². The number of hydrogen-bond acceptors (Lipinski definition) is 5. The summed E-state index contributed by atoms with van der Waals surface area (Å²) in [5.41, 5.74) is -0.612. The topological polar surface area (TPSA) is 97.8 Å². The Kier molecular flexibility index (Phi) is 6.17. The van der Waals surface area contributed by atoms with Crippen LogP contribution in [-0.4, -0.2) is 39.4 Å². The van der Waals surface area contributed by atoms with E-state index in [1.54, 1.807) is 39.0 Å². The lowest BCUT2D eigenvalue weighted by Gasteiger charge is -2.22. The summed E-state index contributed by atoms with van der Waals surface area (Å²) in [4.78, 5) is 27.5. The number of nitrogens with zero attached hydrogens (tertiary/aromatic N) is 1. The second-order valence-corrected chi connectivity index (χ2v) is 7.42. The molecular weight excluding hydrogens is 312 g/mol. The molecule has 1 aromatic heterocycles. The van der Waals surface area contributed by atoms with Gasteiger partial charge in [0.1, 0.15) is 17.2 Å². The number of carboxylic acids is 1. The van der Waals surface area contributed by atoms with Gasteiger partial charge in [-0.05, 0) is 47.6 Å². The average molecular weight is 338 g/mol. The highest BCUT2D eigenvalue weighted by atomic mass is 16.6. The van der Waals surface area contributed by atoms with Crippen molar-refractivity contribution in [1.29, 1.82) is 0 Å². The van der Waals surface area contributed by atoms with Crippen molar-refractivity contribution in [2.45, 2.75) is 65.2 Å². The van der Waals surface area contributed by atoms with Crippen LogP contribution < -0.4 is 10.1 Å². The molecule has 1 heterocycles. The molecule has 1 rings (SSSR count). The van der Waals surface area contributed by atoms with Crippen LogP contribution in [-0.2, 0) is 16.0 Å². The zero-order chi connectivity index (χ0) is 18.5. The summed E-state index contributed by atoms with van der Waals surface area (Å²) in [6.07, 6.45) is -0.757. The van der Waals surface area contributed by atoms with E-state index in [0.717, 1.165) is 0 Å². The lowest BCUT2D eigenvalue weighted by atomic mass is 10.1. The molecule has 0 aliphatic carbocycles. The summed E-state index contributed by atoms with van der Waals surface area (Å²) in [5, 5.41) is 11.7. The maximum absolute atomic E-state index is 11.8. The Morgan fingerprint density at radius 2 is 1.79 bits per heavy atom. The van der Waals surface area contributed by atoms with Crippen LogP contribution in [0.4, 0.5) is 4.79 Å². The third-order valence-corrected chi connectivity index (χ3v) is 2.59. The van der Waals surface area contributed by atoms with Crippen molar-refractivity contribution in [1.82, 2.24) is 10.3 Å². The second-order valence-electron chi connectivity index (χ2n) is 7.42. The Labute approximate surface area is 142 Å². The number of carbonyl (C=O) groups excluding carboxylic acids is 1. The Morgan fingerprint density at radius 1 is 1.17 bits per heavy atom. The van der Waals surface area contributed by atoms with E-state index < -0.39 is 29.3 Å². The zero-order valence-corrected chi connectivity index (χ0v) is 15.0. The van der Waals surface area contributed by atoms with Crippen molar-refractivity contribution in [3.63, 3.8) is 0 Å². The smallest absolute Gasteiger partial charge is 0.408 e. The van der Waals surface area contributed by atoms with Crippen molar-refractivity contribution >= 4 is 12.1 Å². The molecular formula is C17H26N2O5. The second kappa shape index (κ2) is 7.51. The van der Waals surface area contributed by atoms with E-state index in [1.165, 1.54) is 0 Å². The van der Waals surface area contributed by atoms with E-state index >= 15 is 0 Å². The van der Waals surface area contributed by atoms with Gasteiger partial charge in [-0.1, -0.05) is 6.07 Å². The Hall–Kier alpha value is -2.31. The van der Waals surface area contributed by atoms with E-state index in [-0.39, 0.29) is 6.42 Å². The number of aromatic nitrogens is 1. The van der Waals surface area contributed by atoms with Crippen LogP contribution >= 0.6 is 0 Å². The minimum atomic E-state index is -1.16. The Morgan fingerprint density at radius 3 is 2.29 bits per heavy atom. The minimum Gasteiger partial charge on any atom is -0.480 e. The third-order valence-electron chi connectivity index (χ3n) is 2.59.